The summed E-state index contributed by atoms with van der Waals surface area (Å²) in [5, 5.41) is 3.44. The molecule has 2 rings (SSSR count). The number of hydrogen-bond donors (Lipinski definition) is 1. The minimum Gasteiger partial charge on any atom is -0.484 e. The Kier molecular flexibility index (Phi) is 8.60. The van der Waals surface area contributed by atoms with Crippen molar-refractivity contribution < 1.29 is 14.3 Å². The van der Waals surface area contributed by atoms with E-state index in [0.717, 1.165) is 10.0 Å². The first-order chi connectivity index (χ1) is 13.3. The van der Waals surface area contributed by atoms with Gasteiger partial charge in [0.25, 0.3) is 5.91 Å². The fourth-order valence-corrected chi connectivity index (χ4v) is 3.26. The van der Waals surface area contributed by atoms with Gasteiger partial charge in [0.15, 0.2) is 6.61 Å². The standard InChI is InChI=1S/C20H21BrCl2N2O3/c1-3-18(20(27)24-2)25(11-13-4-9-16(22)17(23)10-13)19(26)12-28-15-7-5-14(21)6-8-15/h4-10,18H,3,11-12H2,1-2H3,(H,24,27)/t18-/m0/s1. The molecule has 0 saturated carbocycles. The van der Waals surface area contributed by atoms with Crippen molar-refractivity contribution >= 4 is 50.9 Å². The molecule has 0 fully saturated rings. The molecule has 1 N–H and O–H groups in total. The highest BCUT2D eigenvalue weighted by atomic mass is 79.9. The van der Waals surface area contributed by atoms with Crippen LogP contribution in [0.2, 0.25) is 10.0 Å². The van der Waals surface area contributed by atoms with Crippen LogP contribution < -0.4 is 10.1 Å². The molecule has 0 aliphatic rings. The van der Waals surface area contributed by atoms with Crippen molar-refractivity contribution in [1.29, 1.82) is 0 Å². The van der Waals surface area contributed by atoms with Crippen LogP contribution in [0.15, 0.2) is 46.9 Å². The Labute approximate surface area is 183 Å². The highest BCUT2D eigenvalue weighted by Gasteiger charge is 2.28. The minimum absolute atomic E-state index is 0.184. The first-order valence-corrected chi connectivity index (χ1v) is 10.2. The minimum atomic E-state index is -0.625. The molecule has 0 unspecified atom stereocenters. The SMILES string of the molecule is CC[C@@H](C(=O)NC)N(Cc1ccc(Cl)c(Cl)c1)C(=O)COc1ccc(Br)cc1. The van der Waals surface area contributed by atoms with Gasteiger partial charge in [0.05, 0.1) is 10.0 Å². The van der Waals surface area contributed by atoms with Crippen LogP contribution in [0.25, 0.3) is 0 Å². The molecule has 2 amide bonds. The quantitative estimate of drug-likeness (QED) is 0.587. The van der Waals surface area contributed by atoms with E-state index < -0.39 is 6.04 Å². The zero-order valence-corrected chi connectivity index (χ0v) is 18.6. The van der Waals surface area contributed by atoms with Crippen LogP contribution in [-0.2, 0) is 16.1 Å². The number of carbonyl (C=O) groups excluding carboxylic acids is 2. The topological polar surface area (TPSA) is 58.6 Å². The number of rotatable bonds is 8. The number of amides is 2. The Hall–Kier alpha value is -1.76. The fraction of sp³-hybridized carbons (Fsp3) is 0.300. The Morgan fingerprint density at radius 2 is 1.82 bits per heavy atom. The third kappa shape index (κ3) is 6.12. The van der Waals surface area contributed by atoms with Crippen LogP contribution in [0.1, 0.15) is 18.9 Å². The van der Waals surface area contributed by atoms with Crippen LogP contribution in [0.3, 0.4) is 0 Å². The first-order valence-electron chi connectivity index (χ1n) is 8.69. The molecule has 0 aromatic heterocycles. The van der Waals surface area contributed by atoms with Crippen LogP contribution in [0, 0.1) is 0 Å². The van der Waals surface area contributed by atoms with Gasteiger partial charge in [0.1, 0.15) is 11.8 Å². The lowest BCUT2D eigenvalue weighted by Gasteiger charge is -2.30. The van der Waals surface area contributed by atoms with Crippen LogP contribution in [0.4, 0.5) is 0 Å². The monoisotopic (exact) mass is 486 g/mol. The Morgan fingerprint density at radius 1 is 1.14 bits per heavy atom. The smallest absolute Gasteiger partial charge is 0.261 e. The predicted octanol–water partition coefficient (Wildman–Crippen LogP) is 4.69. The van der Waals surface area contributed by atoms with E-state index in [4.69, 9.17) is 27.9 Å². The van der Waals surface area contributed by atoms with E-state index in [0.29, 0.717) is 22.2 Å². The Bertz CT molecular complexity index is 831. The number of hydrogen-bond acceptors (Lipinski definition) is 3. The van der Waals surface area contributed by atoms with E-state index in [1.165, 1.54) is 4.90 Å². The summed E-state index contributed by atoms with van der Waals surface area (Å²) >= 11 is 15.4. The van der Waals surface area contributed by atoms with Gasteiger partial charge in [-0.2, -0.15) is 0 Å². The van der Waals surface area contributed by atoms with E-state index >= 15 is 0 Å². The second-order valence-electron chi connectivity index (χ2n) is 6.05. The summed E-state index contributed by atoms with van der Waals surface area (Å²) in [6.45, 7) is 1.88. The summed E-state index contributed by atoms with van der Waals surface area (Å²) in [4.78, 5) is 26.7. The van der Waals surface area contributed by atoms with Gasteiger partial charge in [-0.25, -0.2) is 0 Å². The lowest BCUT2D eigenvalue weighted by atomic mass is 10.1. The van der Waals surface area contributed by atoms with Crippen molar-refractivity contribution in [1.82, 2.24) is 10.2 Å². The van der Waals surface area contributed by atoms with Crippen molar-refractivity contribution in [2.45, 2.75) is 25.9 Å². The molecule has 5 nitrogen and oxygen atoms in total. The third-order valence-electron chi connectivity index (χ3n) is 4.15. The number of nitrogens with one attached hydrogen (secondary N) is 1. The van der Waals surface area contributed by atoms with Gasteiger partial charge >= 0.3 is 0 Å². The molecule has 0 saturated heterocycles. The van der Waals surface area contributed by atoms with Gasteiger partial charge in [0.2, 0.25) is 5.91 Å². The van der Waals surface area contributed by atoms with Gasteiger partial charge in [0, 0.05) is 18.1 Å². The zero-order valence-electron chi connectivity index (χ0n) is 15.5. The Morgan fingerprint density at radius 3 is 2.39 bits per heavy atom. The van der Waals surface area contributed by atoms with E-state index in [1.807, 2.05) is 19.1 Å². The second kappa shape index (κ2) is 10.7. The molecule has 8 heteroatoms. The first kappa shape index (κ1) is 22.5. The maximum atomic E-state index is 12.9. The molecular formula is C20H21BrCl2N2O3. The summed E-state index contributed by atoms with van der Waals surface area (Å²) in [5.74, 6) is 0.0306. The molecular weight excluding hydrogens is 467 g/mol. The van der Waals surface area contributed by atoms with Crippen molar-refractivity contribution in [3.8, 4) is 5.75 Å². The number of nitrogens with zero attached hydrogens (tertiary/aromatic N) is 1. The molecule has 0 bridgehead atoms. The maximum absolute atomic E-state index is 12.9. The zero-order chi connectivity index (χ0) is 20.7. The lowest BCUT2D eigenvalue weighted by Crippen LogP contribution is -2.49. The predicted molar refractivity (Wildman–Crippen MR) is 115 cm³/mol. The van der Waals surface area contributed by atoms with Gasteiger partial charge in [-0.05, 0) is 48.4 Å². The summed E-state index contributed by atoms with van der Waals surface area (Å²) in [6.07, 6.45) is 0.463. The van der Waals surface area contributed by atoms with Crippen molar-refractivity contribution in [2.75, 3.05) is 13.7 Å². The summed E-state index contributed by atoms with van der Waals surface area (Å²) < 4.78 is 6.52. The third-order valence-corrected chi connectivity index (χ3v) is 5.41. The molecule has 0 aliphatic heterocycles. The van der Waals surface area contributed by atoms with Crippen molar-refractivity contribution in [3.63, 3.8) is 0 Å². The average molecular weight is 488 g/mol. The molecule has 0 heterocycles. The number of benzene rings is 2. The second-order valence-corrected chi connectivity index (χ2v) is 7.78. The van der Waals surface area contributed by atoms with E-state index in [1.54, 1.807) is 37.4 Å². The van der Waals surface area contributed by atoms with E-state index in [2.05, 4.69) is 21.2 Å². The van der Waals surface area contributed by atoms with E-state index in [9.17, 15) is 9.59 Å². The molecule has 2 aromatic carbocycles. The van der Waals surface area contributed by atoms with Crippen molar-refractivity contribution in [2.24, 2.45) is 0 Å². The summed E-state index contributed by atoms with van der Waals surface area (Å²) in [6, 6.07) is 11.7. The molecule has 0 radical (unpaired) electrons. The number of carbonyl (C=O) groups is 2. The molecule has 0 spiro atoms. The van der Waals surface area contributed by atoms with Crippen LogP contribution in [-0.4, -0.2) is 36.4 Å². The average Bonchev–Trinajstić information content (AvgIpc) is 2.69. The largest absolute Gasteiger partial charge is 0.484 e. The van der Waals surface area contributed by atoms with E-state index in [-0.39, 0.29) is 25.0 Å². The number of likely N-dealkylation sites (N-methyl/N-ethyl adjacent to an activating group) is 1. The normalized spacial score (nSPS) is 11.6. The van der Waals surface area contributed by atoms with Gasteiger partial charge < -0.3 is 15.0 Å². The van der Waals surface area contributed by atoms with Gasteiger partial charge in [-0.1, -0.05) is 52.1 Å². The summed E-state index contributed by atoms with van der Waals surface area (Å²) in [7, 11) is 1.55. The van der Waals surface area contributed by atoms with Crippen LogP contribution in [0.5, 0.6) is 5.75 Å². The summed E-state index contributed by atoms with van der Waals surface area (Å²) in [5.41, 5.74) is 0.772. The van der Waals surface area contributed by atoms with Gasteiger partial charge in [-0.15, -0.1) is 0 Å². The molecule has 1 atom stereocenters. The van der Waals surface area contributed by atoms with Crippen LogP contribution >= 0.6 is 39.1 Å². The molecule has 0 aliphatic carbocycles. The molecule has 28 heavy (non-hydrogen) atoms. The highest BCUT2D eigenvalue weighted by Crippen LogP contribution is 2.24. The number of halogens is 3. The lowest BCUT2D eigenvalue weighted by molar-refractivity contribution is -0.142. The highest BCUT2D eigenvalue weighted by molar-refractivity contribution is 9.10. The van der Waals surface area contributed by atoms with Gasteiger partial charge in [-0.3, -0.25) is 9.59 Å². The maximum Gasteiger partial charge on any atom is 0.261 e. The molecule has 2 aromatic rings. The molecule has 150 valence electrons. The van der Waals surface area contributed by atoms with Crippen molar-refractivity contribution in [3.05, 3.63) is 62.5 Å². The fourth-order valence-electron chi connectivity index (χ4n) is 2.68. The number of ether oxygens (including phenoxy) is 1. The Balaban J connectivity index is 2.20.